The summed E-state index contributed by atoms with van der Waals surface area (Å²) in [6.45, 7) is 2.10. The quantitative estimate of drug-likeness (QED) is 0.508. The Hall–Kier alpha value is -3.32. The van der Waals surface area contributed by atoms with Crippen LogP contribution in [0.5, 0.6) is 0 Å². The predicted octanol–water partition coefficient (Wildman–Crippen LogP) is 2.74. The lowest BCUT2D eigenvalue weighted by Gasteiger charge is -2.09. The zero-order valence-corrected chi connectivity index (χ0v) is 16.1. The summed E-state index contributed by atoms with van der Waals surface area (Å²) in [7, 11) is 1.54. The number of fused-ring (bicyclic) bond motifs is 1. The van der Waals surface area contributed by atoms with Gasteiger partial charge in [0.05, 0.1) is 0 Å². The van der Waals surface area contributed by atoms with Gasteiger partial charge in [-0.1, -0.05) is 17.7 Å². The van der Waals surface area contributed by atoms with Crippen LogP contribution in [0.25, 0.3) is 10.9 Å². The number of benzene rings is 2. The van der Waals surface area contributed by atoms with Gasteiger partial charge in [-0.15, -0.1) is 0 Å². The van der Waals surface area contributed by atoms with E-state index in [1.807, 2.05) is 13.0 Å². The molecule has 8 heteroatoms. The largest absolute Gasteiger partial charge is 0.354 e. The van der Waals surface area contributed by atoms with Gasteiger partial charge in [-0.3, -0.25) is 14.4 Å². The van der Waals surface area contributed by atoms with E-state index in [1.165, 1.54) is 0 Å². The first kappa shape index (κ1) is 19.4. The summed E-state index contributed by atoms with van der Waals surface area (Å²) in [5.74, 6) is -1.77. The third kappa shape index (κ3) is 4.32. The molecular weight excluding hydrogens is 380 g/mol. The molecule has 1 aromatic heterocycles. The van der Waals surface area contributed by atoms with Gasteiger partial charge >= 0.3 is 11.8 Å². The number of aromatic nitrogens is 1. The lowest BCUT2D eigenvalue weighted by Crippen LogP contribution is -2.35. The highest BCUT2D eigenvalue weighted by molar-refractivity contribution is 6.39. The summed E-state index contributed by atoms with van der Waals surface area (Å²) in [6.07, 6.45) is 0. The summed E-state index contributed by atoms with van der Waals surface area (Å²) in [6, 6.07) is 12.1. The molecular formula is C20H19ClN4O3. The SMILES string of the molecule is CNC(=O)c1cc2cc(NC(=O)C(=O)NCc3cc(Cl)ccc3C)ccc2[nH]1. The molecule has 0 spiro atoms. The molecule has 0 aliphatic carbocycles. The molecule has 0 radical (unpaired) electrons. The van der Waals surface area contributed by atoms with E-state index >= 15 is 0 Å². The highest BCUT2D eigenvalue weighted by Gasteiger charge is 2.15. The maximum atomic E-state index is 12.2. The molecule has 2 aromatic carbocycles. The Morgan fingerprint density at radius 3 is 2.57 bits per heavy atom. The highest BCUT2D eigenvalue weighted by Crippen LogP contribution is 2.20. The molecule has 0 fully saturated rings. The van der Waals surface area contributed by atoms with E-state index in [0.717, 1.165) is 22.0 Å². The number of hydrogen-bond donors (Lipinski definition) is 4. The van der Waals surface area contributed by atoms with Crippen molar-refractivity contribution in [3.8, 4) is 0 Å². The second-order valence-electron chi connectivity index (χ2n) is 6.27. The van der Waals surface area contributed by atoms with E-state index in [9.17, 15) is 14.4 Å². The Kier molecular flexibility index (Phi) is 5.65. The minimum Gasteiger partial charge on any atom is -0.354 e. The molecule has 3 rings (SSSR count). The van der Waals surface area contributed by atoms with Gasteiger partial charge in [0, 0.05) is 35.2 Å². The molecule has 4 N–H and O–H groups in total. The van der Waals surface area contributed by atoms with Crippen LogP contribution in [0.1, 0.15) is 21.6 Å². The molecule has 0 unspecified atom stereocenters. The van der Waals surface area contributed by atoms with E-state index < -0.39 is 11.8 Å². The molecule has 3 amide bonds. The molecule has 1 heterocycles. The van der Waals surface area contributed by atoms with Crippen LogP contribution < -0.4 is 16.0 Å². The maximum absolute atomic E-state index is 12.2. The number of nitrogens with one attached hydrogen (secondary N) is 4. The Bertz CT molecular complexity index is 1070. The van der Waals surface area contributed by atoms with E-state index in [-0.39, 0.29) is 12.5 Å². The van der Waals surface area contributed by atoms with Gasteiger partial charge < -0.3 is 20.9 Å². The molecule has 0 saturated heterocycles. The number of amides is 3. The standard InChI is InChI=1S/C20H19ClN4O3/c1-11-3-4-14(21)7-13(11)10-23-19(27)20(28)24-15-5-6-16-12(8-15)9-17(25-16)18(26)22-2/h3-9,25H,10H2,1-2H3,(H,22,26)(H,23,27)(H,24,28). The van der Waals surface area contributed by atoms with Crippen molar-refractivity contribution in [1.29, 1.82) is 0 Å². The van der Waals surface area contributed by atoms with Crippen LogP contribution in [0.15, 0.2) is 42.5 Å². The van der Waals surface area contributed by atoms with E-state index in [0.29, 0.717) is 16.4 Å². The number of aryl methyl sites for hydroxylation is 1. The van der Waals surface area contributed by atoms with Gasteiger partial charge in [-0.2, -0.15) is 0 Å². The van der Waals surface area contributed by atoms with Gasteiger partial charge in [-0.25, -0.2) is 0 Å². The van der Waals surface area contributed by atoms with E-state index in [1.54, 1.807) is 43.4 Å². The fraction of sp³-hybridized carbons (Fsp3) is 0.150. The molecule has 0 bridgehead atoms. The fourth-order valence-electron chi connectivity index (χ4n) is 2.74. The number of H-pyrrole nitrogens is 1. The number of halogens is 1. The third-order valence-electron chi connectivity index (χ3n) is 4.31. The van der Waals surface area contributed by atoms with E-state index in [2.05, 4.69) is 20.9 Å². The first-order chi connectivity index (χ1) is 13.4. The first-order valence-electron chi connectivity index (χ1n) is 8.56. The first-order valence-corrected chi connectivity index (χ1v) is 8.94. The Labute approximate surface area is 166 Å². The second kappa shape index (κ2) is 8.14. The normalized spacial score (nSPS) is 10.5. The van der Waals surface area contributed by atoms with Crippen LogP contribution in [-0.4, -0.2) is 29.8 Å². The minimum absolute atomic E-state index is 0.199. The molecule has 0 aliphatic heterocycles. The average Bonchev–Trinajstić information content (AvgIpc) is 3.11. The molecule has 0 atom stereocenters. The van der Waals surface area contributed by atoms with Crippen molar-refractivity contribution in [3.05, 3.63) is 64.3 Å². The van der Waals surface area contributed by atoms with Crippen molar-refractivity contribution in [2.45, 2.75) is 13.5 Å². The Morgan fingerprint density at radius 2 is 1.82 bits per heavy atom. The van der Waals surface area contributed by atoms with Crippen molar-refractivity contribution in [2.24, 2.45) is 0 Å². The molecule has 0 aliphatic rings. The lowest BCUT2D eigenvalue weighted by atomic mass is 10.1. The van der Waals surface area contributed by atoms with Crippen LogP contribution in [0.2, 0.25) is 5.02 Å². The topological polar surface area (TPSA) is 103 Å². The summed E-state index contributed by atoms with van der Waals surface area (Å²) >= 11 is 5.96. The van der Waals surface area contributed by atoms with Crippen molar-refractivity contribution >= 4 is 45.9 Å². The van der Waals surface area contributed by atoms with Crippen molar-refractivity contribution in [2.75, 3.05) is 12.4 Å². The van der Waals surface area contributed by atoms with Gasteiger partial charge in [0.25, 0.3) is 5.91 Å². The number of aromatic amines is 1. The number of carbonyl (C=O) groups is 3. The number of rotatable bonds is 4. The van der Waals surface area contributed by atoms with Gasteiger partial charge in [0.2, 0.25) is 0 Å². The average molecular weight is 399 g/mol. The van der Waals surface area contributed by atoms with Crippen LogP contribution in [0, 0.1) is 6.92 Å². The Balaban J connectivity index is 1.65. The molecule has 7 nitrogen and oxygen atoms in total. The summed E-state index contributed by atoms with van der Waals surface area (Å²) in [5, 5.41) is 8.98. The van der Waals surface area contributed by atoms with Gasteiger partial charge in [0.1, 0.15) is 5.69 Å². The third-order valence-corrected chi connectivity index (χ3v) is 4.54. The molecule has 28 heavy (non-hydrogen) atoms. The van der Waals surface area contributed by atoms with E-state index in [4.69, 9.17) is 11.6 Å². The predicted molar refractivity (Wildman–Crippen MR) is 108 cm³/mol. The summed E-state index contributed by atoms with van der Waals surface area (Å²) in [5.41, 5.74) is 3.42. The second-order valence-corrected chi connectivity index (χ2v) is 6.71. The zero-order chi connectivity index (χ0) is 20.3. The number of anilines is 1. The number of carbonyl (C=O) groups excluding carboxylic acids is 3. The van der Waals surface area contributed by atoms with Crippen molar-refractivity contribution in [1.82, 2.24) is 15.6 Å². The van der Waals surface area contributed by atoms with Gasteiger partial charge in [-0.05, 0) is 54.4 Å². The maximum Gasteiger partial charge on any atom is 0.313 e. The lowest BCUT2D eigenvalue weighted by molar-refractivity contribution is -0.136. The highest BCUT2D eigenvalue weighted by atomic mass is 35.5. The van der Waals surface area contributed by atoms with Crippen LogP contribution >= 0.6 is 11.6 Å². The molecule has 0 saturated carbocycles. The molecule has 144 valence electrons. The van der Waals surface area contributed by atoms with Gasteiger partial charge in [0.15, 0.2) is 0 Å². The summed E-state index contributed by atoms with van der Waals surface area (Å²) in [4.78, 5) is 38.9. The van der Waals surface area contributed by atoms with Crippen molar-refractivity contribution < 1.29 is 14.4 Å². The van der Waals surface area contributed by atoms with Crippen LogP contribution in [0.3, 0.4) is 0 Å². The zero-order valence-electron chi connectivity index (χ0n) is 15.4. The van der Waals surface area contributed by atoms with Crippen LogP contribution in [-0.2, 0) is 16.1 Å². The Morgan fingerprint density at radius 1 is 1.04 bits per heavy atom. The number of hydrogen-bond acceptors (Lipinski definition) is 3. The minimum atomic E-state index is -0.777. The molecule has 3 aromatic rings. The monoisotopic (exact) mass is 398 g/mol. The summed E-state index contributed by atoms with van der Waals surface area (Å²) < 4.78 is 0. The smallest absolute Gasteiger partial charge is 0.313 e. The van der Waals surface area contributed by atoms with Crippen LogP contribution in [0.4, 0.5) is 5.69 Å². The van der Waals surface area contributed by atoms with Crippen molar-refractivity contribution in [3.63, 3.8) is 0 Å². The fourth-order valence-corrected chi connectivity index (χ4v) is 2.94.